The molecule has 0 saturated carbocycles. The van der Waals surface area contributed by atoms with Crippen molar-refractivity contribution in [3.05, 3.63) is 17.3 Å². The van der Waals surface area contributed by atoms with Crippen molar-refractivity contribution in [1.29, 1.82) is 0 Å². The van der Waals surface area contributed by atoms with Gasteiger partial charge in [-0.1, -0.05) is 0 Å². The van der Waals surface area contributed by atoms with E-state index in [1.807, 2.05) is 0 Å². The Morgan fingerprint density at radius 2 is 2.29 bits per heavy atom. The first-order valence-electron chi connectivity index (χ1n) is 6.58. The molecule has 8 nitrogen and oxygen atoms in total. The van der Waals surface area contributed by atoms with Gasteiger partial charge in [0.2, 0.25) is 0 Å². The molecular weight excluding hydrogens is 344 g/mol. The van der Waals surface area contributed by atoms with E-state index in [0.29, 0.717) is 28.8 Å². The first-order valence-corrected chi connectivity index (χ1v) is 7.37. The van der Waals surface area contributed by atoms with Crippen LogP contribution in [0.1, 0.15) is 12.6 Å². The van der Waals surface area contributed by atoms with Crippen molar-refractivity contribution in [1.82, 2.24) is 19.5 Å². The van der Waals surface area contributed by atoms with Gasteiger partial charge in [0.1, 0.15) is 34.3 Å². The Morgan fingerprint density at radius 1 is 1.43 bits per heavy atom. The van der Waals surface area contributed by atoms with Gasteiger partial charge < -0.3 is 19.7 Å². The Balaban J connectivity index is 1.78. The molecule has 21 heavy (non-hydrogen) atoms. The first-order chi connectivity index (χ1) is 10.2. The minimum atomic E-state index is -0.897. The number of rotatable bonds is 2. The molecule has 2 fully saturated rings. The zero-order chi connectivity index (χ0) is 14.6. The first kappa shape index (κ1) is 13.5. The summed E-state index contributed by atoms with van der Waals surface area (Å²) in [6.45, 7) is 0.268. The summed E-state index contributed by atoms with van der Waals surface area (Å²) in [6.07, 6.45) is 1.36. The van der Waals surface area contributed by atoms with Crippen LogP contribution < -0.4 is 0 Å². The van der Waals surface area contributed by atoms with Gasteiger partial charge in [0.25, 0.3) is 0 Å². The van der Waals surface area contributed by atoms with Crippen LogP contribution in [-0.2, 0) is 9.47 Å². The molecule has 4 heterocycles. The van der Waals surface area contributed by atoms with Crippen LogP contribution in [0.5, 0.6) is 0 Å². The Labute approximate surface area is 127 Å². The Bertz CT molecular complexity index is 695. The molecule has 0 aliphatic carbocycles. The average molecular weight is 357 g/mol. The van der Waals surface area contributed by atoms with E-state index in [2.05, 4.69) is 30.9 Å². The lowest BCUT2D eigenvalue weighted by Crippen LogP contribution is -2.42. The number of imidazole rings is 1. The van der Waals surface area contributed by atoms with E-state index >= 15 is 0 Å². The predicted molar refractivity (Wildman–Crippen MR) is 73.3 cm³/mol. The van der Waals surface area contributed by atoms with Crippen LogP contribution in [0.25, 0.3) is 11.2 Å². The third kappa shape index (κ3) is 1.78. The third-order valence-electron chi connectivity index (χ3n) is 4.15. The topological polar surface area (TPSA) is 103 Å². The zero-order valence-corrected chi connectivity index (χ0v) is 12.5. The largest absolute Gasteiger partial charge is 0.393 e. The van der Waals surface area contributed by atoms with Crippen LogP contribution in [0.3, 0.4) is 0 Å². The number of fused-ring (bicyclic) bond motifs is 2. The number of ether oxygens (including phenoxy) is 2. The number of aliphatic hydroxyl groups is 2. The van der Waals surface area contributed by atoms with Crippen LogP contribution in [0.15, 0.2) is 17.3 Å². The molecule has 0 amide bonds. The molecule has 4 atom stereocenters. The lowest BCUT2D eigenvalue weighted by molar-refractivity contribution is -0.108. The number of nitrogens with zero attached hydrogens (tertiary/aromatic N) is 4. The smallest absolute Gasteiger partial charge is 0.166 e. The van der Waals surface area contributed by atoms with Crippen molar-refractivity contribution >= 4 is 27.1 Å². The van der Waals surface area contributed by atoms with E-state index < -0.39 is 24.0 Å². The van der Waals surface area contributed by atoms with Crippen LogP contribution >= 0.6 is 15.9 Å². The van der Waals surface area contributed by atoms with Gasteiger partial charge in [-0.25, -0.2) is 15.0 Å². The fraction of sp³-hybridized carbons (Fsp3) is 0.583. The maximum absolute atomic E-state index is 10.5. The predicted octanol–water partition coefficient (Wildman–Crippen LogP) is -0.00150. The molecule has 112 valence electrons. The lowest BCUT2D eigenvalue weighted by atomic mass is 9.95. The molecule has 9 heteroatoms. The van der Waals surface area contributed by atoms with Gasteiger partial charge in [-0.15, -0.1) is 0 Å². The van der Waals surface area contributed by atoms with Gasteiger partial charge in [0.15, 0.2) is 11.9 Å². The zero-order valence-electron chi connectivity index (χ0n) is 10.9. The number of halogens is 1. The molecule has 0 spiro atoms. The molecule has 4 rings (SSSR count). The second-order valence-electron chi connectivity index (χ2n) is 5.25. The van der Waals surface area contributed by atoms with Crippen molar-refractivity contribution in [2.45, 2.75) is 30.5 Å². The summed E-state index contributed by atoms with van der Waals surface area (Å²) in [7, 11) is 0. The SMILES string of the molecule is OC[C@]12CCO[C@H]1[C@@H](O)[C@H](n1cnc3c(Br)ncnc31)O2. The van der Waals surface area contributed by atoms with Gasteiger partial charge in [-0.2, -0.15) is 0 Å². The van der Waals surface area contributed by atoms with E-state index in [1.54, 1.807) is 10.9 Å². The minimum absolute atomic E-state index is 0.198. The van der Waals surface area contributed by atoms with Crippen molar-refractivity contribution in [3.8, 4) is 0 Å². The Hall–Kier alpha value is -1.13. The molecule has 0 bridgehead atoms. The summed E-state index contributed by atoms with van der Waals surface area (Å²) >= 11 is 3.31. The van der Waals surface area contributed by atoms with Crippen LogP contribution in [0, 0.1) is 0 Å². The fourth-order valence-corrected chi connectivity index (χ4v) is 3.46. The maximum Gasteiger partial charge on any atom is 0.166 e. The number of aliphatic hydroxyl groups excluding tert-OH is 2. The second kappa shape index (κ2) is 4.68. The molecular formula is C12H13BrN4O4. The van der Waals surface area contributed by atoms with Gasteiger partial charge >= 0.3 is 0 Å². The normalized spacial score (nSPS) is 35.5. The summed E-state index contributed by atoms with van der Waals surface area (Å²) in [5.41, 5.74) is 0.281. The highest BCUT2D eigenvalue weighted by Gasteiger charge is 2.59. The van der Waals surface area contributed by atoms with Gasteiger partial charge in [-0.3, -0.25) is 4.57 Å². The summed E-state index contributed by atoms with van der Waals surface area (Å²) in [4.78, 5) is 12.4. The minimum Gasteiger partial charge on any atom is -0.393 e. The van der Waals surface area contributed by atoms with E-state index in [-0.39, 0.29) is 6.61 Å². The summed E-state index contributed by atoms with van der Waals surface area (Å²) in [6, 6.07) is 0. The summed E-state index contributed by atoms with van der Waals surface area (Å²) in [5, 5.41) is 20.1. The average Bonchev–Trinajstić information content (AvgIpc) is 3.14. The molecule has 2 aliphatic heterocycles. The van der Waals surface area contributed by atoms with E-state index in [4.69, 9.17) is 9.47 Å². The second-order valence-corrected chi connectivity index (χ2v) is 6.00. The molecule has 0 unspecified atom stereocenters. The van der Waals surface area contributed by atoms with Crippen molar-refractivity contribution < 1.29 is 19.7 Å². The molecule has 0 aromatic carbocycles. The molecule has 2 N–H and O–H groups in total. The van der Waals surface area contributed by atoms with Gasteiger partial charge in [0, 0.05) is 6.42 Å². The quantitative estimate of drug-likeness (QED) is 0.730. The van der Waals surface area contributed by atoms with Crippen LogP contribution in [-0.4, -0.2) is 60.8 Å². The standard InChI is InChI=1S/C12H13BrN4O4/c13-9-6-10(15-4-14-9)17(5-16-6)11-7(19)8-12(3-18,21-11)1-2-20-8/h4-5,7-8,11,18-19H,1-3H2/t7-,8+,11-,12-/m1/s1. The van der Waals surface area contributed by atoms with Gasteiger partial charge in [-0.05, 0) is 15.9 Å². The number of aromatic nitrogens is 4. The lowest BCUT2D eigenvalue weighted by Gasteiger charge is -2.24. The van der Waals surface area contributed by atoms with E-state index in [9.17, 15) is 10.2 Å². The monoisotopic (exact) mass is 356 g/mol. The van der Waals surface area contributed by atoms with Gasteiger partial charge in [0.05, 0.1) is 19.5 Å². The van der Waals surface area contributed by atoms with E-state index in [0.717, 1.165) is 0 Å². The molecule has 2 aromatic rings. The highest BCUT2D eigenvalue weighted by atomic mass is 79.9. The van der Waals surface area contributed by atoms with E-state index in [1.165, 1.54) is 6.33 Å². The number of hydrogen-bond acceptors (Lipinski definition) is 7. The molecule has 2 aliphatic rings. The third-order valence-corrected chi connectivity index (χ3v) is 4.74. The highest BCUT2D eigenvalue weighted by Crippen LogP contribution is 2.45. The molecule has 2 aromatic heterocycles. The Morgan fingerprint density at radius 3 is 3.05 bits per heavy atom. The Kier molecular flexibility index (Phi) is 3.02. The van der Waals surface area contributed by atoms with Crippen molar-refractivity contribution in [2.24, 2.45) is 0 Å². The fourth-order valence-electron chi connectivity index (χ4n) is 3.09. The molecule has 2 saturated heterocycles. The summed E-state index contributed by atoms with van der Waals surface area (Å²) in [5.74, 6) is 0. The van der Waals surface area contributed by atoms with Crippen LogP contribution in [0.4, 0.5) is 0 Å². The maximum atomic E-state index is 10.5. The van der Waals surface area contributed by atoms with Crippen molar-refractivity contribution in [2.75, 3.05) is 13.2 Å². The van der Waals surface area contributed by atoms with Crippen LogP contribution in [0.2, 0.25) is 0 Å². The molecule has 0 radical (unpaired) electrons. The highest BCUT2D eigenvalue weighted by molar-refractivity contribution is 9.10. The van der Waals surface area contributed by atoms with Crippen molar-refractivity contribution in [3.63, 3.8) is 0 Å². The summed E-state index contributed by atoms with van der Waals surface area (Å²) < 4.78 is 13.7. The number of hydrogen-bond donors (Lipinski definition) is 2.